The maximum atomic E-state index is 12.2. The molecule has 6 heteroatoms. The van der Waals surface area contributed by atoms with Gasteiger partial charge in [-0.25, -0.2) is 0 Å². The highest BCUT2D eigenvalue weighted by molar-refractivity contribution is 7.14. The molecule has 1 saturated carbocycles. The van der Waals surface area contributed by atoms with Gasteiger partial charge in [0.1, 0.15) is 5.00 Å². The molecule has 0 atom stereocenters. The number of carbonyl (C=O) groups is 2. The van der Waals surface area contributed by atoms with E-state index >= 15 is 0 Å². The Kier molecular flexibility index (Phi) is 4.77. The summed E-state index contributed by atoms with van der Waals surface area (Å²) in [5, 5.41) is 8.43. The van der Waals surface area contributed by atoms with Crippen molar-refractivity contribution < 1.29 is 9.59 Å². The number of rotatable bonds is 5. The Morgan fingerprint density at radius 1 is 1.35 bits per heavy atom. The molecule has 0 bridgehead atoms. The Balaban J connectivity index is 2.01. The highest BCUT2D eigenvalue weighted by atomic mass is 32.1. The molecule has 0 saturated heterocycles. The molecular formula is C14H21N3O2S. The normalized spacial score (nSPS) is 17.6. The van der Waals surface area contributed by atoms with Crippen LogP contribution < -0.4 is 16.4 Å². The van der Waals surface area contributed by atoms with Crippen molar-refractivity contribution in [3.8, 4) is 0 Å². The van der Waals surface area contributed by atoms with Crippen LogP contribution in [-0.4, -0.2) is 24.4 Å². The number of amides is 2. The van der Waals surface area contributed by atoms with E-state index in [2.05, 4.69) is 10.6 Å². The highest BCUT2D eigenvalue weighted by Crippen LogP contribution is 2.31. The lowest BCUT2D eigenvalue weighted by Crippen LogP contribution is -2.47. The molecule has 5 nitrogen and oxygen atoms in total. The van der Waals surface area contributed by atoms with E-state index in [1.165, 1.54) is 17.8 Å². The molecule has 0 unspecified atom stereocenters. The van der Waals surface area contributed by atoms with Gasteiger partial charge in [0.15, 0.2) is 0 Å². The van der Waals surface area contributed by atoms with Crippen LogP contribution in [0.2, 0.25) is 0 Å². The summed E-state index contributed by atoms with van der Waals surface area (Å²) in [7, 11) is 1.92. The summed E-state index contributed by atoms with van der Waals surface area (Å²) in [6.45, 7) is 0. The first-order valence-electron chi connectivity index (χ1n) is 6.92. The van der Waals surface area contributed by atoms with Crippen LogP contribution >= 0.6 is 11.3 Å². The second-order valence-electron chi connectivity index (χ2n) is 5.34. The number of anilines is 1. The van der Waals surface area contributed by atoms with E-state index in [1.54, 1.807) is 11.4 Å². The standard InChI is InChI=1S/C14H21N3O2S/c1-16-14(6-3-2-4-7-14)9-11(18)17-13-10(12(15)19)5-8-20-13/h5,8,16H,2-4,6-7,9H2,1H3,(H2,15,19)(H,17,18). The lowest BCUT2D eigenvalue weighted by Gasteiger charge is -2.36. The maximum absolute atomic E-state index is 12.2. The number of hydrogen-bond acceptors (Lipinski definition) is 4. The average Bonchev–Trinajstić information content (AvgIpc) is 2.88. The van der Waals surface area contributed by atoms with E-state index in [1.807, 2.05) is 7.05 Å². The minimum absolute atomic E-state index is 0.0637. The smallest absolute Gasteiger partial charge is 0.251 e. The topological polar surface area (TPSA) is 84.2 Å². The van der Waals surface area contributed by atoms with Gasteiger partial charge in [-0.2, -0.15) is 0 Å². The number of nitrogens with two attached hydrogens (primary N) is 1. The Morgan fingerprint density at radius 2 is 2.05 bits per heavy atom. The third kappa shape index (κ3) is 3.37. The Hall–Kier alpha value is -1.40. The first kappa shape index (κ1) is 15.0. The molecule has 0 aromatic carbocycles. The number of hydrogen-bond donors (Lipinski definition) is 3. The van der Waals surface area contributed by atoms with Crippen LogP contribution in [0.25, 0.3) is 0 Å². The van der Waals surface area contributed by atoms with Crippen molar-refractivity contribution in [2.75, 3.05) is 12.4 Å². The van der Waals surface area contributed by atoms with Crippen LogP contribution in [0.5, 0.6) is 0 Å². The molecule has 1 aromatic rings. The second-order valence-corrected chi connectivity index (χ2v) is 6.26. The van der Waals surface area contributed by atoms with E-state index in [0.29, 0.717) is 17.0 Å². The molecule has 2 amide bonds. The van der Waals surface area contributed by atoms with Gasteiger partial charge in [0.25, 0.3) is 5.91 Å². The summed E-state index contributed by atoms with van der Waals surface area (Å²) in [5.74, 6) is -0.575. The van der Waals surface area contributed by atoms with Crippen molar-refractivity contribution in [3.05, 3.63) is 17.0 Å². The zero-order valence-corrected chi connectivity index (χ0v) is 12.5. The summed E-state index contributed by atoms with van der Waals surface area (Å²) >= 11 is 1.32. The third-order valence-electron chi connectivity index (χ3n) is 4.02. The summed E-state index contributed by atoms with van der Waals surface area (Å²) in [6, 6.07) is 1.64. The van der Waals surface area contributed by atoms with E-state index in [9.17, 15) is 9.59 Å². The number of primary amides is 1. The predicted molar refractivity (Wildman–Crippen MR) is 81.0 cm³/mol. The largest absolute Gasteiger partial charge is 0.366 e. The molecular weight excluding hydrogens is 274 g/mol. The SMILES string of the molecule is CNC1(CC(=O)Nc2sccc2C(N)=O)CCCCC1. The van der Waals surface area contributed by atoms with Gasteiger partial charge < -0.3 is 16.4 Å². The maximum Gasteiger partial charge on any atom is 0.251 e. The monoisotopic (exact) mass is 295 g/mol. The van der Waals surface area contributed by atoms with Gasteiger partial charge in [-0.1, -0.05) is 19.3 Å². The molecule has 1 aliphatic carbocycles. The van der Waals surface area contributed by atoms with E-state index in [4.69, 9.17) is 5.73 Å². The van der Waals surface area contributed by atoms with Crippen LogP contribution in [-0.2, 0) is 4.79 Å². The lowest BCUT2D eigenvalue weighted by atomic mass is 9.79. The fourth-order valence-corrected chi connectivity index (χ4v) is 3.63. The molecule has 2 rings (SSSR count). The molecule has 20 heavy (non-hydrogen) atoms. The molecule has 110 valence electrons. The minimum Gasteiger partial charge on any atom is -0.366 e. The van der Waals surface area contributed by atoms with Gasteiger partial charge >= 0.3 is 0 Å². The van der Waals surface area contributed by atoms with Crippen molar-refractivity contribution >= 4 is 28.2 Å². The fourth-order valence-electron chi connectivity index (χ4n) is 2.82. The Bertz CT molecular complexity index is 492. The lowest BCUT2D eigenvalue weighted by molar-refractivity contribution is -0.117. The number of thiophene rings is 1. The molecule has 4 N–H and O–H groups in total. The van der Waals surface area contributed by atoms with Crippen LogP contribution in [0, 0.1) is 0 Å². The van der Waals surface area contributed by atoms with Crippen LogP contribution in [0.3, 0.4) is 0 Å². The average molecular weight is 295 g/mol. The predicted octanol–water partition coefficient (Wildman–Crippen LogP) is 2.10. The first-order chi connectivity index (χ1) is 9.56. The van der Waals surface area contributed by atoms with E-state index < -0.39 is 5.91 Å². The van der Waals surface area contributed by atoms with Gasteiger partial charge in [0, 0.05) is 12.0 Å². The quantitative estimate of drug-likeness (QED) is 0.777. The molecule has 1 fully saturated rings. The molecule has 0 radical (unpaired) electrons. The van der Waals surface area contributed by atoms with Gasteiger partial charge in [-0.05, 0) is 31.3 Å². The van der Waals surface area contributed by atoms with E-state index in [-0.39, 0.29) is 11.4 Å². The Labute approximate surface area is 122 Å². The van der Waals surface area contributed by atoms with Gasteiger partial charge in [-0.3, -0.25) is 9.59 Å². The van der Waals surface area contributed by atoms with Crippen LogP contribution in [0.4, 0.5) is 5.00 Å². The zero-order valence-electron chi connectivity index (χ0n) is 11.7. The van der Waals surface area contributed by atoms with E-state index in [0.717, 1.165) is 25.7 Å². The molecule has 1 aliphatic rings. The molecule has 0 aliphatic heterocycles. The summed E-state index contributed by atoms with van der Waals surface area (Å²) in [6.07, 6.45) is 6.01. The van der Waals surface area contributed by atoms with Gasteiger partial charge in [0.2, 0.25) is 5.91 Å². The number of carbonyl (C=O) groups excluding carboxylic acids is 2. The summed E-state index contributed by atoms with van der Waals surface area (Å²) < 4.78 is 0. The minimum atomic E-state index is -0.512. The summed E-state index contributed by atoms with van der Waals surface area (Å²) in [5.41, 5.74) is 5.55. The first-order valence-corrected chi connectivity index (χ1v) is 7.80. The van der Waals surface area contributed by atoms with Gasteiger partial charge in [-0.15, -0.1) is 11.3 Å². The van der Waals surface area contributed by atoms with Crippen molar-refractivity contribution in [2.45, 2.75) is 44.1 Å². The second kappa shape index (κ2) is 6.37. The number of nitrogens with one attached hydrogen (secondary N) is 2. The Morgan fingerprint density at radius 3 is 2.65 bits per heavy atom. The molecule has 1 aromatic heterocycles. The fraction of sp³-hybridized carbons (Fsp3) is 0.571. The van der Waals surface area contributed by atoms with Crippen LogP contribution in [0.1, 0.15) is 48.9 Å². The molecule has 1 heterocycles. The van der Waals surface area contributed by atoms with Crippen molar-refractivity contribution in [2.24, 2.45) is 5.73 Å². The highest BCUT2D eigenvalue weighted by Gasteiger charge is 2.32. The summed E-state index contributed by atoms with van der Waals surface area (Å²) in [4.78, 5) is 23.5. The van der Waals surface area contributed by atoms with Gasteiger partial charge in [0.05, 0.1) is 5.56 Å². The van der Waals surface area contributed by atoms with Crippen molar-refractivity contribution in [3.63, 3.8) is 0 Å². The van der Waals surface area contributed by atoms with Crippen LogP contribution in [0.15, 0.2) is 11.4 Å². The van der Waals surface area contributed by atoms with Crippen molar-refractivity contribution in [1.82, 2.24) is 5.32 Å². The van der Waals surface area contributed by atoms with Crippen molar-refractivity contribution in [1.29, 1.82) is 0 Å². The zero-order chi connectivity index (χ0) is 14.6. The molecule has 0 spiro atoms. The third-order valence-corrected chi connectivity index (χ3v) is 4.85.